The first-order chi connectivity index (χ1) is 9.98. The molecule has 108 valence electrons. The zero-order chi connectivity index (χ0) is 15.0. The Hall–Kier alpha value is -2.48. The lowest BCUT2D eigenvalue weighted by Gasteiger charge is -2.30. The molecule has 0 atom stereocenters. The second-order valence-electron chi connectivity index (χ2n) is 6.10. The quantitative estimate of drug-likeness (QED) is 0.904. The van der Waals surface area contributed by atoms with Gasteiger partial charge in [-0.25, -0.2) is 0 Å². The average molecular weight is 284 g/mol. The van der Waals surface area contributed by atoms with Crippen LogP contribution in [0.15, 0.2) is 29.5 Å². The molecule has 0 spiro atoms. The number of rotatable bonds is 2. The minimum absolute atomic E-state index is 0.100. The Kier molecular flexibility index (Phi) is 3.09. The first kappa shape index (κ1) is 13.5. The highest BCUT2D eigenvalue weighted by Crippen LogP contribution is 2.39. The molecule has 1 aliphatic heterocycles. The van der Waals surface area contributed by atoms with E-state index in [4.69, 9.17) is 9.47 Å². The zero-order valence-corrected chi connectivity index (χ0v) is 12.0. The molecule has 21 heavy (non-hydrogen) atoms. The number of nitrogens with zero attached hydrogens (tertiary/aromatic N) is 1. The van der Waals surface area contributed by atoms with Gasteiger partial charge in [-0.3, -0.25) is 4.79 Å². The van der Waals surface area contributed by atoms with Crippen molar-refractivity contribution in [3.63, 3.8) is 0 Å². The van der Waals surface area contributed by atoms with Crippen LogP contribution in [0, 0.1) is 16.7 Å². The van der Waals surface area contributed by atoms with E-state index in [2.05, 4.69) is 5.32 Å². The van der Waals surface area contributed by atoms with Crippen LogP contribution in [0.1, 0.15) is 26.7 Å². The molecule has 1 N–H and O–H groups in total. The molecule has 0 saturated heterocycles. The highest BCUT2D eigenvalue weighted by Gasteiger charge is 2.33. The fraction of sp³-hybridized carbons (Fsp3) is 0.375. The number of benzene rings is 1. The summed E-state index contributed by atoms with van der Waals surface area (Å²) in [7, 11) is 0. The molecule has 0 unspecified atom stereocenters. The van der Waals surface area contributed by atoms with Crippen molar-refractivity contribution in [1.82, 2.24) is 0 Å². The smallest absolute Gasteiger partial charge is 0.231 e. The Morgan fingerprint density at radius 2 is 2.00 bits per heavy atom. The number of anilines is 1. The van der Waals surface area contributed by atoms with E-state index >= 15 is 0 Å². The number of nitriles is 1. The van der Waals surface area contributed by atoms with Gasteiger partial charge in [0.2, 0.25) is 6.79 Å². The fourth-order valence-corrected chi connectivity index (χ4v) is 2.71. The third-order valence-electron chi connectivity index (χ3n) is 3.65. The van der Waals surface area contributed by atoms with Gasteiger partial charge in [-0.15, -0.1) is 0 Å². The van der Waals surface area contributed by atoms with Gasteiger partial charge in [-0.1, -0.05) is 13.8 Å². The molecule has 2 aliphatic rings. The average Bonchev–Trinajstić information content (AvgIpc) is 2.84. The van der Waals surface area contributed by atoms with Crippen molar-refractivity contribution in [2.24, 2.45) is 5.41 Å². The van der Waals surface area contributed by atoms with Crippen LogP contribution in [-0.2, 0) is 4.79 Å². The van der Waals surface area contributed by atoms with E-state index in [0.717, 1.165) is 5.69 Å². The molecular formula is C16H16N2O3. The molecule has 5 heteroatoms. The number of ketones is 1. The molecule has 1 heterocycles. The highest BCUT2D eigenvalue weighted by molar-refractivity contribution is 6.01. The van der Waals surface area contributed by atoms with Crippen LogP contribution in [0.4, 0.5) is 5.69 Å². The van der Waals surface area contributed by atoms with Crippen molar-refractivity contribution in [2.75, 3.05) is 12.1 Å². The molecular weight excluding hydrogens is 268 g/mol. The zero-order valence-electron chi connectivity index (χ0n) is 12.0. The Balaban J connectivity index is 1.92. The van der Waals surface area contributed by atoms with E-state index in [-0.39, 0.29) is 23.6 Å². The number of hydrogen-bond donors (Lipinski definition) is 1. The fourth-order valence-electron chi connectivity index (χ4n) is 2.71. The molecule has 0 fully saturated rings. The Bertz CT molecular complexity index is 683. The number of ether oxygens (including phenoxy) is 2. The summed E-state index contributed by atoms with van der Waals surface area (Å²) in [6, 6.07) is 7.50. The first-order valence-corrected chi connectivity index (χ1v) is 6.82. The number of carbonyl (C=O) groups excluding carboxylic acids is 1. The number of nitrogens with one attached hydrogen (secondary N) is 1. The molecule has 1 aliphatic carbocycles. The van der Waals surface area contributed by atoms with Crippen LogP contribution in [-0.4, -0.2) is 12.6 Å². The maximum atomic E-state index is 12.1. The van der Waals surface area contributed by atoms with Crippen molar-refractivity contribution in [1.29, 1.82) is 5.26 Å². The molecule has 3 rings (SSSR count). The van der Waals surface area contributed by atoms with E-state index < -0.39 is 0 Å². The third-order valence-corrected chi connectivity index (χ3v) is 3.65. The van der Waals surface area contributed by atoms with Gasteiger partial charge in [0.25, 0.3) is 0 Å². The lowest BCUT2D eigenvalue weighted by Crippen LogP contribution is -2.27. The van der Waals surface area contributed by atoms with Crippen molar-refractivity contribution in [3.05, 3.63) is 29.5 Å². The number of carbonyl (C=O) groups is 1. The normalized spacial score (nSPS) is 19.4. The van der Waals surface area contributed by atoms with Crippen molar-refractivity contribution >= 4 is 11.5 Å². The van der Waals surface area contributed by atoms with Gasteiger partial charge in [0.05, 0.1) is 0 Å². The number of allylic oxidation sites excluding steroid dienone is 2. The van der Waals surface area contributed by atoms with Crippen molar-refractivity contribution < 1.29 is 14.3 Å². The summed E-state index contributed by atoms with van der Waals surface area (Å²) in [5.74, 6) is 1.27. The second-order valence-corrected chi connectivity index (χ2v) is 6.10. The molecule has 5 nitrogen and oxygen atoms in total. The number of Topliss-reactive ketones (excluding diaryl/α,β-unsaturated/α-hetero) is 1. The third kappa shape index (κ3) is 2.57. The van der Waals surface area contributed by atoms with Gasteiger partial charge in [0.1, 0.15) is 11.6 Å². The summed E-state index contributed by atoms with van der Waals surface area (Å²) in [5, 5.41) is 12.4. The van der Waals surface area contributed by atoms with Crippen LogP contribution in [0.25, 0.3) is 0 Å². The molecule has 1 aromatic rings. The van der Waals surface area contributed by atoms with Crippen LogP contribution in [0.2, 0.25) is 0 Å². The van der Waals surface area contributed by atoms with E-state index in [0.29, 0.717) is 30.0 Å². The molecule has 1 aromatic carbocycles. The van der Waals surface area contributed by atoms with Crippen molar-refractivity contribution in [2.45, 2.75) is 26.7 Å². The summed E-state index contributed by atoms with van der Waals surface area (Å²) < 4.78 is 10.6. The maximum absolute atomic E-state index is 12.1. The molecule has 0 aromatic heterocycles. The number of fused-ring (bicyclic) bond motifs is 1. The summed E-state index contributed by atoms with van der Waals surface area (Å²) in [6.07, 6.45) is 1.07. The summed E-state index contributed by atoms with van der Waals surface area (Å²) in [4.78, 5) is 12.1. The molecule has 0 amide bonds. The van der Waals surface area contributed by atoms with Gasteiger partial charge in [-0.2, -0.15) is 5.26 Å². The van der Waals surface area contributed by atoms with Crippen LogP contribution >= 0.6 is 0 Å². The molecule has 0 saturated carbocycles. The minimum atomic E-state index is -0.143. The standard InChI is InChI=1S/C16H16N2O3/c1-16(2)6-12(11(8-17)13(19)7-16)18-10-3-4-14-15(5-10)21-9-20-14/h3-5,18H,6-7,9H2,1-2H3. The van der Waals surface area contributed by atoms with Gasteiger partial charge in [0.15, 0.2) is 17.3 Å². The maximum Gasteiger partial charge on any atom is 0.231 e. The van der Waals surface area contributed by atoms with Gasteiger partial charge in [0, 0.05) is 23.9 Å². The van der Waals surface area contributed by atoms with Crippen molar-refractivity contribution in [3.8, 4) is 17.6 Å². The Morgan fingerprint density at radius 1 is 1.24 bits per heavy atom. The molecule has 0 bridgehead atoms. The largest absolute Gasteiger partial charge is 0.454 e. The molecule has 0 radical (unpaired) electrons. The summed E-state index contributed by atoms with van der Waals surface area (Å²) >= 11 is 0. The van der Waals surface area contributed by atoms with Gasteiger partial charge < -0.3 is 14.8 Å². The Morgan fingerprint density at radius 3 is 2.76 bits per heavy atom. The van der Waals surface area contributed by atoms with Crippen LogP contribution < -0.4 is 14.8 Å². The first-order valence-electron chi connectivity index (χ1n) is 6.82. The monoisotopic (exact) mass is 284 g/mol. The second kappa shape index (κ2) is 4.81. The lowest BCUT2D eigenvalue weighted by molar-refractivity contribution is -0.117. The van der Waals surface area contributed by atoms with E-state index in [1.54, 1.807) is 0 Å². The predicted molar refractivity (Wildman–Crippen MR) is 76.8 cm³/mol. The van der Waals surface area contributed by atoms with E-state index in [9.17, 15) is 10.1 Å². The van der Waals surface area contributed by atoms with E-state index in [1.165, 1.54) is 0 Å². The SMILES string of the molecule is CC1(C)CC(=O)C(C#N)=C(Nc2ccc3c(c2)OCO3)C1. The van der Waals surface area contributed by atoms with E-state index in [1.807, 2.05) is 38.1 Å². The summed E-state index contributed by atoms with van der Waals surface area (Å²) in [6.45, 7) is 4.28. The Labute approximate surface area is 123 Å². The highest BCUT2D eigenvalue weighted by atomic mass is 16.7. The van der Waals surface area contributed by atoms with Crippen LogP contribution in [0.3, 0.4) is 0 Å². The number of hydrogen-bond acceptors (Lipinski definition) is 5. The summed E-state index contributed by atoms with van der Waals surface area (Å²) in [5.41, 5.74) is 1.55. The topological polar surface area (TPSA) is 71.4 Å². The van der Waals surface area contributed by atoms with Gasteiger partial charge >= 0.3 is 0 Å². The predicted octanol–water partition coefficient (Wildman–Crippen LogP) is 2.99. The minimum Gasteiger partial charge on any atom is -0.454 e. The van der Waals surface area contributed by atoms with Crippen LogP contribution in [0.5, 0.6) is 11.5 Å². The lowest BCUT2D eigenvalue weighted by atomic mass is 9.76. The van der Waals surface area contributed by atoms with Gasteiger partial charge in [-0.05, 0) is 24.0 Å².